The van der Waals surface area contributed by atoms with Crippen LogP contribution in [0.15, 0.2) is 30.3 Å². The van der Waals surface area contributed by atoms with Crippen molar-refractivity contribution in [2.24, 2.45) is 5.73 Å². The lowest BCUT2D eigenvalue weighted by molar-refractivity contribution is -0.128. The molecule has 17 heavy (non-hydrogen) atoms. The van der Waals surface area contributed by atoms with Gasteiger partial charge in [-0.15, -0.1) is 0 Å². The van der Waals surface area contributed by atoms with Crippen LogP contribution in [0.3, 0.4) is 0 Å². The molecule has 4 nitrogen and oxygen atoms in total. The largest absolute Gasteiger partial charge is 0.329 e. The van der Waals surface area contributed by atoms with E-state index in [2.05, 4.69) is 11.9 Å². The van der Waals surface area contributed by atoms with Crippen LogP contribution in [-0.2, 0) is 4.79 Å². The molecule has 1 aliphatic heterocycles. The molecule has 1 unspecified atom stereocenters. The predicted octanol–water partition coefficient (Wildman–Crippen LogP) is 1.38. The Balaban J connectivity index is 2.29. The molecule has 1 atom stereocenters. The first-order valence-electron chi connectivity index (χ1n) is 6.12. The molecule has 0 bridgehead atoms. The summed E-state index contributed by atoms with van der Waals surface area (Å²) in [5, 5.41) is 3.87. The standard InChI is InChI=1S/C13H19N3O/c1-2-11-10-13(17)15(9-8-14)16(11)12-6-4-3-5-7-12/h3-7,11H,2,8-10,14H2,1H3. The van der Waals surface area contributed by atoms with E-state index in [1.807, 2.05) is 30.3 Å². The Labute approximate surface area is 102 Å². The number of carbonyl (C=O) groups is 1. The summed E-state index contributed by atoms with van der Waals surface area (Å²) in [5.41, 5.74) is 6.65. The van der Waals surface area contributed by atoms with Gasteiger partial charge in [-0.2, -0.15) is 0 Å². The number of amides is 1. The van der Waals surface area contributed by atoms with E-state index in [4.69, 9.17) is 5.73 Å². The fourth-order valence-corrected chi connectivity index (χ4v) is 2.31. The van der Waals surface area contributed by atoms with Crippen molar-refractivity contribution >= 4 is 11.6 Å². The number of benzene rings is 1. The van der Waals surface area contributed by atoms with Crippen molar-refractivity contribution in [2.75, 3.05) is 18.1 Å². The van der Waals surface area contributed by atoms with Gasteiger partial charge in [0.15, 0.2) is 0 Å². The van der Waals surface area contributed by atoms with Crippen molar-refractivity contribution in [3.63, 3.8) is 0 Å². The quantitative estimate of drug-likeness (QED) is 0.854. The van der Waals surface area contributed by atoms with Crippen LogP contribution in [0.25, 0.3) is 0 Å². The minimum absolute atomic E-state index is 0.172. The Hall–Kier alpha value is -1.55. The maximum atomic E-state index is 11.9. The van der Waals surface area contributed by atoms with Gasteiger partial charge in [-0.1, -0.05) is 25.1 Å². The second-order valence-corrected chi connectivity index (χ2v) is 4.25. The van der Waals surface area contributed by atoms with Gasteiger partial charge in [-0.25, -0.2) is 0 Å². The van der Waals surface area contributed by atoms with Gasteiger partial charge in [0.25, 0.3) is 0 Å². The number of nitrogens with two attached hydrogens (primary N) is 1. The third kappa shape index (κ3) is 2.26. The molecule has 0 spiro atoms. The summed E-state index contributed by atoms with van der Waals surface area (Å²) in [4.78, 5) is 11.9. The Kier molecular flexibility index (Phi) is 3.64. The summed E-state index contributed by atoms with van der Waals surface area (Å²) in [6.07, 6.45) is 1.55. The Morgan fingerprint density at radius 1 is 1.35 bits per heavy atom. The lowest BCUT2D eigenvalue weighted by atomic mass is 10.1. The van der Waals surface area contributed by atoms with Crippen molar-refractivity contribution in [1.29, 1.82) is 0 Å². The van der Waals surface area contributed by atoms with E-state index < -0.39 is 0 Å². The minimum atomic E-state index is 0.172. The first-order chi connectivity index (χ1) is 8.27. The number of nitrogens with zero attached hydrogens (tertiary/aromatic N) is 2. The van der Waals surface area contributed by atoms with Gasteiger partial charge in [0, 0.05) is 6.54 Å². The second kappa shape index (κ2) is 5.19. The Morgan fingerprint density at radius 3 is 2.65 bits per heavy atom. The maximum absolute atomic E-state index is 11.9. The molecule has 1 fully saturated rings. The summed E-state index contributed by atoms with van der Waals surface area (Å²) in [5.74, 6) is 0.172. The van der Waals surface area contributed by atoms with Crippen LogP contribution in [0, 0.1) is 0 Å². The summed E-state index contributed by atoms with van der Waals surface area (Å²) in [6.45, 7) is 3.19. The molecule has 0 radical (unpaired) electrons. The van der Waals surface area contributed by atoms with E-state index in [1.54, 1.807) is 5.01 Å². The van der Waals surface area contributed by atoms with Crippen LogP contribution in [0.2, 0.25) is 0 Å². The summed E-state index contributed by atoms with van der Waals surface area (Å²) in [6, 6.07) is 10.3. The van der Waals surface area contributed by atoms with Crippen molar-refractivity contribution in [2.45, 2.75) is 25.8 Å². The smallest absolute Gasteiger partial charge is 0.243 e. The zero-order valence-corrected chi connectivity index (χ0v) is 10.2. The maximum Gasteiger partial charge on any atom is 0.243 e. The van der Waals surface area contributed by atoms with Crippen molar-refractivity contribution in [3.8, 4) is 0 Å². The van der Waals surface area contributed by atoms with Crippen molar-refractivity contribution in [1.82, 2.24) is 5.01 Å². The fourth-order valence-electron chi connectivity index (χ4n) is 2.31. The van der Waals surface area contributed by atoms with Gasteiger partial charge in [-0.3, -0.25) is 14.8 Å². The van der Waals surface area contributed by atoms with E-state index in [9.17, 15) is 4.79 Å². The van der Waals surface area contributed by atoms with Crippen LogP contribution < -0.4 is 10.7 Å². The number of anilines is 1. The average Bonchev–Trinajstić information content (AvgIpc) is 2.68. The number of rotatable bonds is 4. The zero-order valence-electron chi connectivity index (χ0n) is 10.2. The number of hydrogen-bond acceptors (Lipinski definition) is 3. The molecular weight excluding hydrogens is 214 g/mol. The van der Waals surface area contributed by atoms with Gasteiger partial charge in [0.05, 0.1) is 24.7 Å². The molecule has 0 aromatic heterocycles. The molecule has 1 heterocycles. The topological polar surface area (TPSA) is 49.6 Å². The third-order valence-corrected chi connectivity index (χ3v) is 3.14. The summed E-state index contributed by atoms with van der Waals surface area (Å²) >= 11 is 0. The molecule has 0 saturated carbocycles. The van der Waals surface area contributed by atoms with Crippen LogP contribution in [-0.4, -0.2) is 30.0 Å². The highest BCUT2D eigenvalue weighted by Crippen LogP contribution is 2.28. The molecular formula is C13H19N3O. The fraction of sp³-hybridized carbons (Fsp3) is 0.462. The van der Waals surface area contributed by atoms with E-state index in [1.165, 1.54) is 0 Å². The highest BCUT2D eigenvalue weighted by molar-refractivity contribution is 5.82. The summed E-state index contributed by atoms with van der Waals surface area (Å²) in [7, 11) is 0. The van der Waals surface area contributed by atoms with Gasteiger partial charge in [0.1, 0.15) is 0 Å². The second-order valence-electron chi connectivity index (χ2n) is 4.25. The molecule has 0 aliphatic carbocycles. The average molecular weight is 233 g/mol. The monoisotopic (exact) mass is 233 g/mol. The van der Waals surface area contributed by atoms with E-state index in [0.29, 0.717) is 19.5 Å². The summed E-state index contributed by atoms with van der Waals surface area (Å²) < 4.78 is 0. The third-order valence-electron chi connectivity index (χ3n) is 3.14. The van der Waals surface area contributed by atoms with Gasteiger partial charge < -0.3 is 5.73 Å². The molecule has 4 heteroatoms. The van der Waals surface area contributed by atoms with Crippen molar-refractivity contribution in [3.05, 3.63) is 30.3 Å². The number of hydrogen-bond donors (Lipinski definition) is 1. The molecule has 1 amide bonds. The normalized spacial score (nSPS) is 20.1. The van der Waals surface area contributed by atoms with Crippen molar-refractivity contribution < 1.29 is 4.79 Å². The Bertz CT molecular complexity index is 380. The van der Waals surface area contributed by atoms with E-state index >= 15 is 0 Å². The van der Waals surface area contributed by atoms with Crippen LogP contribution >= 0.6 is 0 Å². The lowest BCUT2D eigenvalue weighted by Gasteiger charge is -2.33. The zero-order chi connectivity index (χ0) is 12.3. The van der Waals surface area contributed by atoms with Gasteiger partial charge in [-0.05, 0) is 18.6 Å². The Morgan fingerprint density at radius 2 is 2.06 bits per heavy atom. The minimum Gasteiger partial charge on any atom is -0.329 e. The molecule has 1 aromatic rings. The van der Waals surface area contributed by atoms with Crippen LogP contribution in [0.1, 0.15) is 19.8 Å². The van der Waals surface area contributed by atoms with E-state index in [0.717, 1.165) is 12.1 Å². The van der Waals surface area contributed by atoms with E-state index in [-0.39, 0.29) is 11.9 Å². The first kappa shape index (κ1) is 11.9. The SMILES string of the molecule is CCC1CC(=O)N(CCN)N1c1ccccc1. The predicted molar refractivity (Wildman–Crippen MR) is 68.4 cm³/mol. The molecule has 2 rings (SSSR count). The van der Waals surface area contributed by atoms with Gasteiger partial charge >= 0.3 is 0 Å². The van der Waals surface area contributed by atoms with Crippen LogP contribution in [0.4, 0.5) is 5.69 Å². The lowest BCUT2D eigenvalue weighted by Crippen LogP contribution is -2.45. The number of hydrazine groups is 1. The van der Waals surface area contributed by atoms with Crippen LogP contribution in [0.5, 0.6) is 0 Å². The van der Waals surface area contributed by atoms with Gasteiger partial charge in [0.2, 0.25) is 5.91 Å². The molecule has 1 aromatic carbocycles. The highest BCUT2D eigenvalue weighted by Gasteiger charge is 2.36. The number of para-hydroxylation sites is 1. The first-order valence-corrected chi connectivity index (χ1v) is 6.12. The molecule has 2 N–H and O–H groups in total. The highest BCUT2D eigenvalue weighted by atomic mass is 16.2. The molecule has 1 saturated heterocycles. The number of carbonyl (C=O) groups excluding carboxylic acids is 1. The molecule has 1 aliphatic rings. The molecule has 92 valence electrons.